The van der Waals surface area contributed by atoms with Gasteiger partial charge in [-0.25, -0.2) is 4.99 Å². The second kappa shape index (κ2) is 6.93. The van der Waals surface area contributed by atoms with Crippen molar-refractivity contribution in [2.75, 3.05) is 19.6 Å². The summed E-state index contributed by atoms with van der Waals surface area (Å²) >= 11 is 0. The number of aliphatic imine (C=N–C) groups is 1. The molecule has 1 aromatic heterocycles. The van der Waals surface area contributed by atoms with E-state index in [4.69, 9.17) is 4.52 Å². The molecule has 21 heavy (non-hydrogen) atoms. The first-order valence-electron chi connectivity index (χ1n) is 7.53. The molecular formula is C14H24IN5O. The number of halogens is 1. The quantitative estimate of drug-likeness (QED) is 0.475. The first-order valence-corrected chi connectivity index (χ1v) is 7.53. The summed E-state index contributed by atoms with van der Waals surface area (Å²) in [6.07, 6.45) is 5.46. The number of hydrogen-bond acceptors (Lipinski definition) is 4. The number of aryl methyl sites for hydroxylation is 1. The standard InChI is InChI=1S/C14H23N5O.HI/c1-3-15-13(16-9-12-17-11(2)18-20-12)19-8-7-14(10-19)5-4-6-14;/h3-10H2,1-2H3,(H,15,16);1H. The average Bonchev–Trinajstić information content (AvgIpc) is 3.00. The molecule has 0 radical (unpaired) electrons. The van der Waals surface area contributed by atoms with Gasteiger partial charge in [-0.3, -0.25) is 0 Å². The third kappa shape index (κ3) is 3.67. The molecule has 1 spiro atoms. The lowest BCUT2D eigenvalue weighted by Crippen LogP contribution is -2.42. The smallest absolute Gasteiger partial charge is 0.248 e. The van der Waals surface area contributed by atoms with Crippen LogP contribution in [0.1, 0.15) is 44.3 Å². The zero-order valence-corrected chi connectivity index (χ0v) is 15.1. The molecule has 0 bridgehead atoms. The molecule has 3 rings (SSSR count). The van der Waals surface area contributed by atoms with Gasteiger partial charge < -0.3 is 14.7 Å². The number of nitrogens with one attached hydrogen (secondary N) is 1. The number of aromatic nitrogens is 2. The average molecular weight is 405 g/mol. The Balaban J connectivity index is 0.00000161. The number of likely N-dealkylation sites (tertiary alicyclic amines) is 1. The van der Waals surface area contributed by atoms with E-state index in [9.17, 15) is 0 Å². The Kier molecular flexibility index (Phi) is 5.45. The lowest BCUT2D eigenvalue weighted by Gasteiger charge is -2.38. The summed E-state index contributed by atoms with van der Waals surface area (Å²) in [6.45, 7) is 7.50. The Labute approximate surface area is 142 Å². The van der Waals surface area contributed by atoms with Crippen molar-refractivity contribution < 1.29 is 4.52 Å². The topological polar surface area (TPSA) is 66.5 Å². The number of nitrogens with zero attached hydrogens (tertiary/aromatic N) is 4. The Hall–Kier alpha value is -0.860. The first kappa shape index (κ1) is 16.5. The Morgan fingerprint density at radius 3 is 2.76 bits per heavy atom. The molecule has 1 N–H and O–H groups in total. The van der Waals surface area contributed by atoms with Crippen LogP contribution in [0.3, 0.4) is 0 Å². The molecule has 0 atom stereocenters. The maximum Gasteiger partial charge on any atom is 0.248 e. The van der Waals surface area contributed by atoms with Crippen LogP contribution >= 0.6 is 24.0 Å². The van der Waals surface area contributed by atoms with E-state index in [1.165, 1.54) is 25.7 Å². The summed E-state index contributed by atoms with van der Waals surface area (Å²) in [5.74, 6) is 2.22. The molecule has 1 aliphatic carbocycles. The SMILES string of the molecule is CCNC(=NCc1nc(C)no1)N1CCC2(CCC2)C1.I. The largest absolute Gasteiger partial charge is 0.357 e. The molecule has 2 heterocycles. The van der Waals surface area contributed by atoms with Crippen molar-refractivity contribution in [2.24, 2.45) is 10.4 Å². The molecule has 1 aliphatic heterocycles. The van der Waals surface area contributed by atoms with Gasteiger partial charge in [-0.1, -0.05) is 11.6 Å². The zero-order valence-electron chi connectivity index (χ0n) is 12.8. The minimum Gasteiger partial charge on any atom is -0.357 e. The second-order valence-corrected chi connectivity index (χ2v) is 5.93. The summed E-state index contributed by atoms with van der Waals surface area (Å²) in [6, 6.07) is 0. The van der Waals surface area contributed by atoms with Gasteiger partial charge in [-0.05, 0) is 38.5 Å². The molecule has 0 unspecified atom stereocenters. The van der Waals surface area contributed by atoms with Crippen LogP contribution in [0.2, 0.25) is 0 Å². The van der Waals surface area contributed by atoms with E-state index in [0.717, 1.165) is 25.6 Å². The highest BCUT2D eigenvalue weighted by atomic mass is 127. The van der Waals surface area contributed by atoms with Gasteiger partial charge in [0.15, 0.2) is 11.8 Å². The lowest BCUT2D eigenvalue weighted by molar-refractivity contribution is 0.151. The molecule has 118 valence electrons. The van der Waals surface area contributed by atoms with Gasteiger partial charge in [0.2, 0.25) is 5.89 Å². The van der Waals surface area contributed by atoms with E-state index in [2.05, 4.69) is 32.3 Å². The van der Waals surface area contributed by atoms with Gasteiger partial charge in [-0.2, -0.15) is 4.98 Å². The molecule has 1 aromatic rings. The molecular weight excluding hydrogens is 381 g/mol. The third-order valence-corrected chi connectivity index (χ3v) is 4.42. The van der Waals surface area contributed by atoms with E-state index >= 15 is 0 Å². The Morgan fingerprint density at radius 1 is 1.43 bits per heavy atom. The van der Waals surface area contributed by atoms with Crippen molar-refractivity contribution in [3.05, 3.63) is 11.7 Å². The van der Waals surface area contributed by atoms with Gasteiger partial charge in [-0.15, -0.1) is 24.0 Å². The van der Waals surface area contributed by atoms with Crippen molar-refractivity contribution >= 4 is 29.9 Å². The predicted molar refractivity (Wildman–Crippen MR) is 91.7 cm³/mol. The van der Waals surface area contributed by atoms with Crippen molar-refractivity contribution in [1.82, 2.24) is 20.4 Å². The van der Waals surface area contributed by atoms with Crippen LogP contribution in [-0.4, -0.2) is 40.6 Å². The van der Waals surface area contributed by atoms with E-state index in [0.29, 0.717) is 23.7 Å². The van der Waals surface area contributed by atoms with Gasteiger partial charge in [0.05, 0.1) is 0 Å². The Bertz CT molecular complexity index is 497. The normalized spacial score (nSPS) is 20.3. The highest BCUT2D eigenvalue weighted by Crippen LogP contribution is 2.47. The van der Waals surface area contributed by atoms with Crippen molar-refractivity contribution in [3.63, 3.8) is 0 Å². The summed E-state index contributed by atoms with van der Waals surface area (Å²) < 4.78 is 5.11. The minimum atomic E-state index is 0. The highest BCUT2D eigenvalue weighted by molar-refractivity contribution is 14.0. The van der Waals surface area contributed by atoms with E-state index in [1.807, 2.05) is 6.92 Å². The van der Waals surface area contributed by atoms with Gasteiger partial charge in [0.25, 0.3) is 0 Å². The zero-order chi connectivity index (χ0) is 14.0. The highest BCUT2D eigenvalue weighted by Gasteiger charge is 2.43. The minimum absolute atomic E-state index is 0. The van der Waals surface area contributed by atoms with Crippen LogP contribution in [0.4, 0.5) is 0 Å². The summed E-state index contributed by atoms with van der Waals surface area (Å²) in [7, 11) is 0. The van der Waals surface area contributed by atoms with E-state index in [-0.39, 0.29) is 24.0 Å². The Morgan fingerprint density at radius 2 is 2.24 bits per heavy atom. The molecule has 1 saturated carbocycles. The number of guanidine groups is 1. The molecule has 2 aliphatic rings. The van der Waals surface area contributed by atoms with Crippen LogP contribution in [0.5, 0.6) is 0 Å². The van der Waals surface area contributed by atoms with Crippen LogP contribution in [0, 0.1) is 12.3 Å². The fourth-order valence-electron chi connectivity index (χ4n) is 3.17. The summed E-state index contributed by atoms with van der Waals surface area (Å²) in [4.78, 5) is 11.2. The first-order chi connectivity index (χ1) is 9.71. The van der Waals surface area contributed by atoms with Gasteiger partial charge in [0.1, 0.15) is 6.54 Å². The van der Waals surface area contributed by atoms with Crippen molar-refractivity contribution in [1.29, 1.82) is 0 Å². The van der Waals surface area contributed by atoms with Crippen LogP contribution in [0.15, 0.2) is 9.52 Å². The van der Waals surface area contributed by atoms with Gasteiger partial charge in [0, 0.05) is 19.6 Å². The fourth-order valence-corrected chi connectivity index (χ4v) is 3.17. The van der Waals surface area contributed by atoms with Crippen LogP contribution in [-0.2, 0) is 6.54 Å². The summed E-state index contributed by atoms with van der Waals surface area (Å²) in [5, 5.41) is 7.17. The fraction of sp³-hybridized carbons (Fsp3) is 0.786. The third-order valence-electron chi connectivity index (χ3n) is 4.42. The second-order valence-electron chi connectivity index (χ2n) is 5.93. The molecule has 2 fully saturated rings. The van der Waals surface area contributed by atoms with Crippen molar-refractivity contribution in [3.8, 4) is 0 Å². The molecule has 0 aromatic carbocycles. The van der Waals surface area contributed by atoms with E-state index in [1.54, 1.807) is 0 Å². The van der Waals surface area contributed by atoms with Crippen molar-refractivity contribution in [2.45, 2.75) is 46.1 Å². The molecule has 1 saturated heterocycles. The predicted octanol–water partition coefficient (Wildman–Crippen LogP) is 2.34. The van der Waals surface area contributed by atoms with Crippen LogP contribution in [0.25, 0.3) is 0 Å². The number of hydrogen-bond donors (Lipinski definition) is 1. The lowest BCUT2D eigenvalue weighted by atomic mass is 9.68. The van der Waals surface area contributed by atoms with Crippen LogP contribution < -0.4 is 5.32 Å². The maximum absolute atomic E-state index is 5.11. The van der Waals surface area contributed by atoms with E-state index < -0.39 is 0 Å². The summed E-state index contributed by atoms with van der Waals surface area (Å²) in [5.41, 5.74) is 0.581. The molecule has 7 heteroatoms. The maximum atomic E-state index is 5.11. The molecule has 6 nitrogen and oxygen atoms in total. The monoisotopic (exact) mass is 405 g/mol. The van der Waals surface area contributed by atoms with Gasteiger partial charge >= 0.3 is 0 Å². The molecule has 0 amide bonds. The number of rotatable bonds is 3.